The largest absolute Gasteiger partial charge is 0.496 e. The zero-order valence-electron chi connectivity index (χ0n) is 19.6. The molecule has 1 aliphatic heterocycles. The molecule has 5 rings (SSSR count). The van der Waals surface area contributed by atoms with Crippen LogP contribution in [0.4, 0.5) is 0 Å². The first-order chi connectivity index (χ1) is 16.5. The molecule has 174 valence electrons. The Hall–Kier alpha value is -4.01. The van der Waals surface area contributed by atoms with Crippen molar-refractivity contribution in [1.82, 2.24) is 30.0 Å². The van der Waals surface area contributed by atoms with Gasteiger partial charge in [-0.3, -0.25) is 4.79 Å². The third-order valence-corrected chi connectivity index (χ3v) is 6.46. The molecule has 2 aromatic carbocycles. The number of nitrogens with zero attached hydrogens (tertiary/aromatic N) is 6. The average Bonchev–Trinajstić information content (AvgIpc) is 3.61. The van der Waals surface area contributed by atoms with E-state index >= 15 is 0 Å². The van der Waals surface area contributed by atoms with Crippen LogP contribution in [0, 0.1) is 20.8 Å². The van der Waals surface area contributed by atoms with E-state index in [1.165, 1.54) is 4.80 Å². The van der Waals surface area contributed by atoms with E-state index in [9.17, 15) is 4.79 Å². The van der Waals surface area contributed by atoms with Gasteiger partial charge in [-0.05, 0) is 69.0 Å². The van der Waals surface area contributed by atoms with Crippen LogP contribution in [0.2, 0.25) is 0 Å². The van der Waals surface area contributed by atoms with Crippen LogP contribution in [-0.2, 0) is 0 Å². The van der Waals surface area contributed by atoms with E-state index in [-0.39, 0.29) is 11.9 Å². The molecule has 1 atom stereocenters. The zero-order valence-corrected chi connectivity index (χ0v) is 19.6. The van der Waals surface area contributed by atoms with Gasteiger partial charge in [-0.25, -0.2) is 0 Å². The van der Waals surface area contributed by atoms with Crippen molar-refractivity contribution in [3.63, 3.8) is 0 Å². The first-order valence-corrected chi connectivity index (χ1v) is 11.2. The summed E-state index contributed by atoms with van der Waals surface area (Å²) >= 11 is 0. The molecule has 0 spiro atoms. The maximum atomic E-state index is 13.8. The normalized spacial score (nSPS) is 15.6. The van der Waals surface area contributed by atoms with Crippen molar-refractivity contribution < 1.29 is 14.1 Å². The molecule has 4 aromatic rings. The highest BCUT2D eigenvalue weighted by atomic mass is 16.5. The predicted octanol–water partition coefficient (Wildman–Crippen LogP) is 4.23. The van der Waals surface area contributed by atoms with E-state index in [1.807, 2.05) is 56.0 Å². The first-order valence-electron chi connectivity index (χ1n) is 11.2. The minimum Gasteiger partial charge on any atom is -0.496 e. The van der Waals surface area contributed by atoms with E-state index in [2.05, 4.69) is 20.3 Å². The van der Waals surface area contributed by atoms with E-state index in [0.29, 0.717) is 29.5 Å². The van der Waals surface area contributed by atoms with Crippen molar-refractivity contribution >= 4 is 5.91 Å². The second-order valence-corrected chi connectivity index (χ2v) is 8.52. The summed E-state index contributed by atoms with van der Waals surface area (Å²) in [5, 5.41) is 12.7. The van der Waals surface area contributed by atoms with Gasteiger partial charge in [0.05, 0.1) is 36.8 Å². The third kappa shape index (κ3) is 3.72. The highest BCUT2D eigenvalue weighted by molar-refractivity contribution is 5.98. The maximum absolute atomic E-state index is 13.8. The van der Waals surface area contributed by atoms with Gasteiger partial charge in [-0.2, -0.15) is 20.0 Å². The van der Waals surface area contributed by atoms with Crippen molar-refractivity contribution in [2.24, 2.45) is 0 Å². The fraction of sp³-hybridized carbons (Fsp3) is 0.320. The summed E-state index contributed by atoms with van der Waals surface area (Å²) in [5.41, 5.74) is 5.05. The number of ether oxygens (including phenoxy) is 1. The Balaban J connectivity index is 1.49. The van der Waals surface area contributed by atoms with Crippen molar-refractivity contribution in [2.75, 3.05) is 13.7 Å². The third-order valence-electron chi connectivity index (χ3n) is 6.46. The summed E-state index contributed by atoms with van der Waals surface area (Å²) in [4.78, 5) is 21.8. The average molecular weight is 459 g/mol. The molecule has 0 N–H and O–H groups in total. The number of methoxy groups -OCH3 is 1. The van der Waals surface area contributed by atoms with E-state index in [0.717, 1.165) is 40.8 Å². The van der Waals surface area contributed by atoms with Crippen LogP contribution in [0.15, 0.2) is 47.2 Å². The highest BCUT2D eigenvalue weighted by Crippen LogP contribution is 2.35. The lowest BCUT2D eigenvalue weighted by Crippen LogP contribution is -2.32. The molecule has 0 bridgehead atoms. The van der Waals surface area contributed by atoms with Crippen LogP contribution >= 0.6 is 0 Å². The number of carbonyl (C=O) groups excluding carboxylic acids is 1. The summed E-state index contributed by atoms with van der Waals surface area (Å²) in [6, 6.07) is 9.30. The Morgan fingerprint density at radius 3 is 2.65 bits per heavy atom. The van der Waals surface area contributed by atoms with Crippen LogP contribution in [0.5, 0.6) is 5.75 Å². The van der Waals surface area contributed by atoms with Crippen molar-refractivity contribution in [3.05, 3.63) is 70.8 Å². The van der Waals surface area contributed by atoms with Crippen LogP contribution < -0.4 is 4.74 Å². The number of amides is 1. The Labute approximate surface area is 197 Å². The molecule has 2 aromatic heterocycles. The fourth-order valence-corrected chi connectivity index (χ4v) is 4.46. The van der Waals surface area contributed by atoms with Crippen LogP contribution in [-0.4, -0.2) is 49.6 Å². The van der Waals surface area contributed by atoms with Gasteiger partial charge in [0.2, 0.25) is 0 Å². The highest BCUT2D eigenvalue weighted by Gasteiger charge is 2.35. The molecule has 1 saturated heterocycles. The fourth-order valence-electron chi connectivity index (χ4n) is 4.46. The van der Waals surface area contributed by atoms with E-state index < -0.39 is 0 Å². The molecule has 9 heteroatoms. The van der Waals surface area contributed by atoms with Crippen LogP contribution in [0.1, 0.15) is 51.8 Å². The molecular formula is C25H26N6O3. The number of benzene rings is 2. The van der Waals surface area contributed by atoms with E-state index in [1.54, 1.807) is 19.5 Å². The lowest BCUT2D eigenvalue weighted by molar-refractivity contribution is 0.0728. The Morgan fingerprint density at radius 2 is 1.88 bits per heavy atom. The summed E-state index contributed by atoms with van der Waals surface area (Å²) in [6.07, 6.45) is 4.83. The second kappa shape index (κ2) is 8.74. The molecule has 34 heavy (non-hydrogen) atoms. The molecule has 1 aliphatic rings. The summed E-state index contributed by atoms with van der Waals surface area (Å²) < 4.78 is 11.0. The van der Waals surface area contributed by atoms with Gasteiger partial charge in [0.15, 0.2) is 5.82 Å². The second-order valence-electron chi connectivity index (χ2n) is 8.52. The molecule has 1 amide bonds. The molecule has 9 nitrogen and oxygen atoms in total. The molecule has 0 aliphatic carbocycles. The Morgan fingerprint density at radius 1 is 1.12 bits per heavy atom. The Bertz CT molecular complexity index is 1340. The number of likely N-dealkylation sites (tertiary alicyclic amines) is 1. The molecular weight excluding hydrogens is 432 g/mol. The number of aromatic nitrogens is 5. The number of hydrogen-bond donors (Lipinski definition) is 0. The van der Waals surface area contributed by atoms with E-state index in [4.69, 9.17) is 9.26 Å². The van der Waals surface area contributed by atoms with Crippen molar-refractivity contribution in [1.29, 1.82) is 0 Å². The smallest absolute Gasteiger partial charge is 0.258 e. The lowest BCUT2D eigenvalue weighted by Gasteiger charge is -2.24. The minimum absolute atomic E-state index is 0.0955. The number of carbonyl (C=O) groups is 1. The topological polar surface area (TPSA) is 99.2 Å². The summed E-state index contributed by atoms with van der Waals surface area (Å²) in [7, 11) is 1.63. The molecule has 0 radical (unpaired) electrons. The predicted molar refractivity (Wildman–Crippen MR) is 125 cm³/mol. The van der Waals surface area contributed by atoms with Gasteiger partial charge < -0.3 is 14.2 Å². The van der Waals surface area contributed by atoms with Gasteiger partial charge in [-0.1, -0.05) is 11.2 Å². The maximum Gasteiger partial charge on any atom is 0.258 e. The van der Waals surface area contributed by atoms with Crippen LogP contribution in [0.3, 0.4) is 0 Å². The minimum atomic E-state index is -0.268. The van der Waals surface area contributed by atoms with Crippen LogP contribution in [0.25, 0.3) is 17.1 Å². The van der Waals surface area contributed by atoms with Gasteiger partial charge in [-0.15, -0.1) is 0 Å². The lowest BCUT2D eigenvalue weighted by atomic mass is 10.0. The quantitative estimate of drug-likeness (QED) is 0.441. The number of aryl methyl sites for hydroxylation is 2. The first kappa shape index (κ1) is 21.8. The van der Waals surface area contributed by atoms with Gasteiger partial charge in [0.1, 0.15) is 5.75 Å². The molecule has 0 saturated carbocycles. The van der Waals surface area contributed by atoms with Gasteiger partial charge in [0, 0.05) is 17.7 Å². The standard InChI is InChI=1S/C25H26N6O3/c1-15-13-19(21(14-16(15)2)31-26-10-11-27-31)25(32)30-12-6-8-20(30)23-28-24(34-29-23)18-7-5-9-22(33-4)17(18)3/h5,7,9-11,13-14,20H,6,8,12H2,1-4H3. The zero-order chi connectivity index (χ0) is 23.8. The van der Waals surface area contributed by atoms with Crippen molar-refractivity contribution in [2.45, 2.75) is 39.7 Å². The summed E-state index contributed by atoms with van der Waals surface area (Å²) in [5.74, 6) is 1.58. The molecule has 3 heterocycles. The monoisotopic (exact) mass is 458 g/mol. The summed E-state index contributed by atoms with van der Waals surface area (Å²) in [6.45, 7) is 6.57. The number of rotatable bonds is 5. The molecule has 1 fully saturated rings. The SMILES string of the molecule is COc1cccc(-c2nc(C3CCCN3C(=O)c3cc(C)c(C)cc3-n3nccn3)no2)c1C. The number of hydrogen-bond acceptors (Lipinski definition) is 7. The van der Waals surface area contributed by atoms with Gasteiger partial charge >= 0.3 is 0 Å². The molecule has 1 unspecified atom stereocenters. The van der Waals surface area contributed by atoms with Gasteiger partial charge in [0.25, 0.3) is 11.8 Å². The van der Waals surface area contributed by atoms with Crippen molar-refractivity contribution in [3.8, 4) is 22.9 Å². The Kier molecular flexibility index (Phi) is 5.61.